The summed E-state index contributed by atoms with van der Waals surface area (Å²) in [5, 5.41) is 13.6. The van der Waals surface area contributed by atoms with Crippen molar-refractivity contribution in [3.05, 3.63) is 75.8 Å². The Balaban J connectivity index is 1.38. The van der Waals surface area contributed by atoms with Crippen LogP contribution in [0, 0.1) is 6.92 Å². The molecule has 0 atom stereocenters. The molecule has 0 bridgehead atoms. The molecule has 4 rings (SSSR count). The number of thioether (sulfide) groups is 1. The van der Waals surface area contributed by atoms with Gasteiger partial charge in [0.2, 0.25) is 5.13 Å². The minimum atomic E-state index is -0.566. The number of urea groups is 1. The summed E-state index contributed by atoms with van der Waals surface area (Å²) >= 11 is 2.55. The molecule has 0 aliphatic heterocycles. The number of carbonyl (C=O) groups is 2. The van der Waals surface area contributed by atoms with Crippen LogP contribution in [0.4, 0.5) is 15.6 Å². The topological polar surface area (TPSA) is 128 Å². The first-order valence-electron chi connectivity index (χ1n) is 10.2. The number of aromatic nitrogens is 4. The monoisotopic (exact) mass is 496 g/mol. The van der Waals surface area contributed by atoms with Gasteiger partial charge in [0.15, 0.2) is 4.34 Å². The van der Waals surface area contributed by atoms with Crippen molar-refractivity contribution < 1.29 is 14.3 Å². The summed E-state index contributed by atoms with van der Waals surface area (Å²) in [6, 6.07) is 11.2. The molecule has 2 amide bonds. The van der Waals surface area contributed by atoms with E-state index in [0.29, 0.717) is 27.1 Å². The molecule has 10 nitrogen and oxygen atoms in total. The number of aryl methyl sites for hydroxylation is 1. The van der Waals surface area contributed by atoms with Gasteiger partial charge in [0.25, 0.3) is 5.56 Å². The Morgan fingerprint density at radius 3 is 2.79 bits per heavy atom. The Labute approximate surface area is 202 Å². The fraction of sp³-hybridized carbons (Fsp3) is 0.182. The van der Waals surface area contributed by atoms with Crippen LogP contribution in [0.25, 0.3) is 5.65 Å². The van der Waals surface area contributed by atoms with Gasteiger partial charge in [0.05, 0.1) is 23.6 Å². The highest BCUT2D eigenvalue weighted by Crippen LogP contribution is 2.28. The number of anilines is 2. The first-order chi connectivity index (χ1) is 16.4. The summed E-state index contributed by atoms with van der Waals surface area (Å²) in [7, 11) is 0. The number of nitrogens with one attached hydrogen (secondary N) is 2. The molecular weight excluding hydrogens is 476 g/mol. The summed E-state index contributed by atoms with van der Waals surface area (Å²) in [6.07, 6.45) is 1.70. The Morgan fingerprint density at radius 2 is 1.97 bits per heavy atom. The first-order valence-corrected chi connectivity index (χ1v) is 12.0. The van der Waals surface area contributed by atoms with Gasteiger partial charge in [-0.1, -0.05) is 35.2 Å². The van der Waals surface area contributed by atoms with Crippen LogP contribution in [0.2, 0.25) is 0 Å². The summed E-state index contributed by atoms with van der Waals surface area (Å²) in [5.74, 6) is -0.0990. The quantitative estimate of drug-likeness (QED) is 0.224. The molecule has 4 aromatic rings. The van der Waals surface area contributed by atoms with E-state index in [2.05, 4.69) is 25.8 Å². The molecule has 2 N–H and O–H groups in total. The second-order valence-electron chi connectivity index (χ2n) is 7.02. The Bertz CT molecular complexity index is 1420. The highest BCUT2D eigenvalue weighted by molar-refractivity contribution is 8.00. The zero-order valence-electron chi connectivity index (χ0n) is 18.3. The van der Waals surface area contributed by atoms with E-state index in [-0.39, 0.29) is 22.9 Å². The van der Waals surface area contributed by atoms with Gasteiger partial charge >= 0.3 is 12.0 Å². The lowest BCUT2D eigenvalue weighted by atomic mass is 10.2. The van der Waals surface area contributed by atoms with E-state index in [1.807, 2.05) is 19.1 Å². The summed E-state index contributed by atoms with van der Waals surface area (Å²) < 4.78 is 7.11. The lowest BCUT2D eigenvalue weighted by Gasteiger charge is -2.10. The molecule has 1 aromatic carbocycles. The molecule has 34 heavy (non-hydrogen) atoms. The number of benzene rings is 1. The molecule has 0 unspecified atom stereocenters. The number of pyridine rings is 1. The maximum atomic E-state index is 12.4. The third-order valence-electron chi connectivity index (χ3n) is 4.52. The van der Waals surface area contributed by atoms with Crippen molar-refractivity contribution in [1.82, 2.24) is 19.6 Å². The number of esters is 1. The van der Waals surface area contributed by atoms with Crippen molar-refractivity contribution >= 4 is 51.6 Å². The molecule has 174 valence electrons. The Morgan fingerprint density at radius 1 is 1.15 bits per heavy atom. The van der Waals surface area contributed by atoms with Gasteiger partial charge in [-0.3, -0.25) is 14.5 Å². The third kappa shape index (κ3) is 5.58. The molecule has 0 aliphatic rings. The van der Waals surface area contributed by atoms with E-state index in [4.69, 9.17) is 4.74 Å². The van der Waals surface area contributed by atoms with Crippen LogP contribution in [0.15, 0.2) is 57.8 Å². The number of ether oxygens (including phenoxy) is 1. The second-order valence-corrected chi connectivity index (χ2v) is 9.22. The number of rotatable bonds is 7. The van der Waals surface area contributed by atoms with Crippen LogP contribution in [0.3, 0.4) is 0 Å². The SMILES string of the molecule is CCOC(=O)c1ccccc1NC(=O)Nc1nnc(SCc2cc(=O)n3ccc(C)cc3n2)s1. The largest absolute Gasteiger partial charge is 0.462 e. The van der Waals surface area contributed by atoms with Crippen LogP contribution in [-0.4, -0.2) is 38.2 Å². The minimum absolute atomic E-state index is 0.153. The van der Waals surface area contributed by atoms with E-state index < -0.39 is 12.0 Å². The van der Waals surface area contributed by atoms with Gasteiger partial charge in [0.1, 0.15) is 5.65 Å². The number of para-hydroxylation sites is 1. The van der Waals surface area contributed by atoms with Gasteiger partial charge in [-0.05, 0) is 43.7 Å². The fourth-order valence-corrected chi connectivity index (χ4v) is 4.65. The minimum Gasteiger partial charge on any atom is -0.462 e. The average molecular weight is 497 g/mol. The van der Waals surface area contributed by atoms with E-state index in [9.17, 15) is 14.4 Å². The van der Waals surface area contributed by atoms with Gasteiger partial charge in [0, 0.05) is 18.0 Å². The molecule has 3 aromatic heterocycles. The standard InChI is InChI=1S/C22H20N6O4S2/c1-3-32-19(30)15-6-4-5-7-16(15)24-20(31)25-21-26-27-22(34-21)33-12-14-11-18(29)28-9-8-13(2)10-17(28)23-14/h4-11H,3,12H2,1-2H3,(H2,24,25,26,31). The number of carbonyl (C=O) groups excluding carboxylic acids is 2. The average Bonchev–Trinajstić information content (AvgIpc) is 3.25. The molecule has 0 saturated carbocycles. The Kier molecular flexibility index (Phi) is 7.18. The van der Waals surface area contributed by atoms with Crippen LogP contribution >= 0.6 is 23.1 Å². The smallest absolute Gasteiger partial charge is 0.340 e. The summed E-state index contributed by atoms with van der Waals surface area (Å²) in [4.78, 5) is 41.3. The van der Waals surface area contributed by atoms with Crippen LogP contribution in [0.1, 0.15) is 28.5 Å². The van der Waals surface area contributed by atoms with Gasteiger partial charge in [-0.25, -0.2) is 14.6 Å². The predicted octanol–water partition coefficient (Wildman–Crippen LogP) is 3.97. The highest BCUT2D eigenvalue weighted by Gasteiger charge is 2.15. The van der Waals surface area contributed by atoms with Crippen molar-refractivity contribution in [3.8, 4) is 0 Å². The predicted molar refractivity (Wildman–Crippen MR) is 131 cm³/mol. The highest BCUT2D eigenvalue weighted by atomic mass is 32.2. The molecule has 12 heteroatoms. The number of amides is 2. The van der Waals surface area contributed by atoms with Crippen LogP contribution in [0.5, 0.6) is 0 Å². The van der Waals surface area contributed by atoms with E-state index in [0.717, 1.165) is 5.56 Å². The zero-order chi connectivity index (χ0) is 24.1. The molecule has 0 aliphatic carbocycles. The number of nitrogens with zero attached hydrogens (tertiary/aromatic N) is 4. The third-order valence-corrected chi connectivity index (χ3v) is 6.52. The van der Waals surface area contributed by atoms with Crippen molar-refractivity contribution in [1.29, 1.82) is 0 Å². The molecule has 0 radical (unpaired) electrons. The zero-order valence-corrected chi connectivity index (χ0v) is 19.9. The van der Waals surface area contributed by atoms with E-state index in [1.165, 1.54) is 33.6 Å². The van der Waals surface area contributed by atoms with Crippen molar-refractivity contribution in [2.45, 2.75) is 23.9 Å². The van der Waals surface area contributed by atoms with Gasteiger partial charge in [-0.2, -0.15) is 0 Å². The molecule has 3 heterocycles. The second kappa shape index (κ2) is 10.4. The van der Waals surface area contributed by atoms with Crippen molar-refractivity contribution in [2.75, 3.05) is 17.2 Å². The van der Waals surface area contributed by atoms with Gasteiger partial charge in [-0.15, -0.1) is 10.2 Å². The molecule has 0 saturated heterocycles. The van der Waals surface area contributed by atoms with Crippen molar-refractivity contribution in [2.24, 2.45) is 0 Å². The van der Waals surface area contributed by atoms with E-state index >= 15 is 0 Å². The molecule has 0 spiro atoms. The number of fused-ring (bicyclic) bond motifs is 1. The van der Waals surface area contributed by atoms with Crippen LogP contribution < -0.4 is 16.2 Å². The fourth-order valence-electron chi connectivity index (χ4n) is 3.01. The first kappa shape index (κ1) is 23.4. The normalized spacial score (nSPS) is 10.8. The van der Waals surface area contributed by atoms with Gasteiger partial charge < -0.3 is 10.1 Å². The number of hydrogen-bond acceptors (Lipinski definition) is 9. The Hall–Kier alpha value is -3.77. The number of hydrogen-bond donors (Lipinski definition) is 2. The lowest BCUT2D eigenvalue weighted by Crippen LogP contribution is -2.21. The maximum Gasteiger partial charge on any atom is 0.340 e. The van der Waals surface area contributed by atoms with Crippen molar-refractivity contribution in [3.63, 3.8) is 0 Å². The lowest BCUT2D eigenvalue weighted by molar-refractivity contribution is 0.0527. The summed E-state index contributed by atoms with van der Waals surface area (Å²) in [5.41, 5.74) is 2.64. The molecule has 0 fully saturated rings. The van der Waals surface area contributed by atoms with E-state index in [1.54, 1.807) is 37.4 Å². The maximum absolute atomic E-state index is 12.4. The summed E-state index contributed by atoms with van der Waals surface area (Å²) in [6.45, 7) is 3.88. The van der Waals surface area contributed by atoms with Crippen LogP contribution in [-0.2, 0) is 10.5 Å². The molecular formula is C22H20N6O4S2.